The standard InChI is InChI=1S/C10H16O2/c1-8(7-11)6-9-4-2-3-5-10(9)12/h10-12H,2-5,7H2,1H3/t6?,10-/m0/s1. The highest BCUT2D eigenvalue weighted by Crippen LogP contribution is 2.22. The van der Waals surface area contributed by atoms with E-state index in [1.165, 1.54) is 0 Å². The van der Waals surface area contributed by atoms with E-state index >= 15 is 0 Å². The molecule has 0 amide bonds. The first-order valence-electron chi connectivity index (χ1n) is 4.48. The van der Waals surface area contributed by atoms with E-state index < -0.39 is 0 Å². The maximum atomic E-state index is 9.52. The first kappa shape index (κ1) is 9.53. The van der Waals surface area contributed by atoms with Gasteiger partial charge in [-0.3, -0.25) is 0 Å². The molecule has 1 atom stereocenters. The fourth-order valence-corrected chi connectivity index (χ4v) is 1.45. The third-order valence-electron chi connectivity index (χ3n) is 2.19. The Morgan fingerprint density at radius 3 is 2.92 bits per heavy atom. The van der Waals surface area contributed by atoms with Gasteiger partial charge < -0.3 is 10.2 Å². The summed E-state index contributed by atoms with van der Waals surface area (Å²) in [6.07, 6.45) is 3.70. The molecule has 12 heavy (non-hydrogen) atoms. The summed E-state index contributed by atoms with van der Waals surface area (Å²) in [5, 5.41) is 18.3. The minimum absolute atomic E-state index is 0.0379. The van der Waals surface area contributed by atoms with E-state index in [0.29, 0.717) is 0 Å². The summed E-state index contributed by atoms with van der Waals surface area (Å²) >= 11 is 0. The lowest BCUT2D eigenvalue weighted by molar-refractivity contribution is 0.178. The topological polar surface area (TPSA) is 40.5 Å². The van der Waals surface area contributed by atoms with Gasteiger partial charge in [-0.1, -0.05) is 6.42 Å². The molecule has 2 nitrogen and oxygen atoms in total. The number of aliphatic hydroxyl groups excluding tert-OH is 2. The maximum absolute atomic E-state index is 9.52. The van der Waals surface area contributed by atoms with E-state index in [1.54, 1.807) is 0 Å². The van der Waals surface area contributed by atoms with Gasteiger partial charge in [0.25, 0.3) is 0 Å². The molecule has 0 aromatic rings. The second kappa shape index (κ2) is 4.46. The molecular weight excluding hydrogens is 152 g/mol. The van der Waals surface area contributed by atoms with E-state index in [2.05, 4.69) is 5.73 Å². The Bertz CT molecular complexity index is 212. The second-order valence-electron chi connectivity index (χ2n) is 3.35. The summed E-state index contributed by atoms with van der Waals surface area (Å²) in [5.74, 6) is 0. The van der Waals surface area contributed by atoms with Crippen LogP contribution in [0.2, 0.25) is 0 Å². The molecule has 0 bridgehead atoms. The lowest BCUT2D eigenvalue weighted by Crippen LogP contribution is -2.14. The van der Waals surface area contributed by atoms with Crippen molar-refractivity contribution in [2.45, 2.75) is 38.7 Å². The summed E-state index contributed by atoms with van der Waals surface area (Å²) in [6, 6.07) is 0. The van der Waals surface area contributed by atoms with Crippen LogP contribution >= 0.6 is 0 Å². The van der Waals surface area contributed by atoms with Gasteiger partial charge in [-0.05, 0) is 31.8 Å². The zero-order chi connectivity index (χ0) is 8.97. The molecule has 0 radical (unpaired) electrons. The Kier molecular flexibility index (Phi) is 3.54. The summed E-state index contributed by atoms with van der Waals surface area (Å²) < 4.78 is 0. The highest BCUT2D eigenvalue weighted by atomic mass is 16.3. The van der Waals surface area contributed by atoms with Crippen LogP contribution in [0.4, 0.5) is 0 Å². The van der Waals surface area contributed by atoms with Crippen LogP contribution in [0.1, 0.15) is 32.6 Å². The predicted molar refractivity (Wildman–Crippen MR) is 47.8 cm³/mol. The quantitative estimate of drug-likeness (QED) is 0.581. The largest absolute Gasteiger partial charge is 0.391 e. The zero-order valence-corrected chi connectivity index (χ0v) is 7.51. The first-order valence-corrected chi connectivity index (χ1v) is 4.48. The molecule has 0 aromatic heterocycles. The van der Waals surface area contributed by atoms with Crippen LogP contribution in [0.3, 0.4) is 0 Å². The van der Waals surface area contributed by atoms with E-state index in [1.807, 2.05) is 6.92 Å². The summed E-state index contributed by atoms with van der Waals surface area (Å²) in [6.45, 7) is 1.87. The van der Waals surface area contributed by atoms with Crippen LogP contribution in [0.5, 0.6) is 0 Å². The molecule has 1 rings (SSSR count). The number of rotatable bonds is 1. The molecule has 0 saturated heterocycles. The van der Waals surface area contributed by atoms with Crippen molar-refractivity contribution in [2.24, 2.45) is 0 Å². The van der Waals surface area contributed by atoms with Gasteiger partial charge in [0.1, 0.15) is 0 Å². The maximum Gasteiger partial charge on any atom is 0.0823 e. The van der Waals surface area contributed by atoms with Crippen molar-refractivity contribution in [3.8, 4) is 0 Å². The lowest BCUT2D eigenvalue weighted by Gasteiger charge is -2.18. The summed E-state index contributed by atoms with van der Waals surface area (Å²) in [7, 11) is 0. The average Bonchev–Trinajstić information content (AvgIpc) is 2.09. The summed E-state index contributed by atoms with van der Waals surface area (Å²) in [5.41, 5.74) is 4.83. The zero-order valence-electron chi connectivity index (χ0n) is 7.51. The molecule has 1 fully saturated rings. The third kappa shape index (κ3) is 2.49. The van der Waals surface area contributed by atoms with E-state index in [4.69, 9.17) is 5.11 Å². The molecule has 0 heterocycles. The van der Waals surface area contributed by atoms with Gasteiger partial charge in [0, 0.05) is 5.57 Å². The fourth-order valence-electron chi connectivity index (χ4n) is 1.45. The Morgan fingerprint density at radius 2 is 2.33 bits per heavy atom. The normalized spacial score (nSPS) is 23.6. The minimum Gasteiger partial charge on any atom is -0.391 e. The number of hydrogen-bond acceptors (Lipinski definition) is 2. The average molecular weight is 168 g/mol. The van der Waals surface area contributed by atoms with Gasteiger partial charge in [-0.2, -0.15) is 0 Å². The second-order valence-corrected chi connectivity index (χ2v) is 3.35. The number of aliphatic hydroxyl groups is 2. The first-order chi connectivity index (χ1) is 5.74. The molecule has 0 spiro atoms. The molecule has 2 heteroatoms. The highest BCUT2D eigenvalue weighted by Gasteiger charge is 2.15. The van der Waals surface area contributed by atoms with Crippen molar-refractivity contribution in [1.82, 2.24) is 0 Å². The van der Waals surface area contributed by atoms with Crippen LogP contribution in [-0.4, -0.2) is 22.9 Å². The van der Waals surface area contributed by atoms with Crippen molar-refractivity contribution in [2.75, 3.05) is 6.61 Å². The Morgan fingerprint density at radius 1 is 1.58 bits per heavy atom. The Labute approximate surface area is 73.2 Å². The van der Waals surface area contributed by atoms with Crippen molar-refractivity contribution in [3.05, 3.63) is 16.9 Å². The van der Waals surface area contributed by atoms with Gasteiger partial charge in [-0.25, -0.2) is 0 Å². The van der Waals surface area contributed by atoms with Crippen LogP contribution in [0, 0.1) is 0 Å². The lowest BCUT2D eigenvalue weighted by atomic mass is 9.92. The van der Waals surface area contributed by atoms with Crippen molar-refractivity contribution >= 4 is 0 Å². The highest BCUT2D eigenvalue weighted by molar-refractivity contribution is 5.13. The molecule has 1 aliphatic carbocycles. The molecule has 0 unspecified atom stereocenters. The molecule has 68 valence electrons. The molecule has 1 aliphatic rings. The van der Waals surface area contributed by atoms with Crippen LogP contribution in [-0.2, 0) is 0 Å². The molecular formula is C10H16O2. The van der Waals surface area contributed by atoms with Crippen molar-refractivity contribution < 1.29 is 10.2 Å². The third-order valence-corrected chi connectivity index (χ3v) is 2.19. The predicted octanol–water partition coefficient (Wildman–Crippen LogP) is 1.39. The molecule has 1 saturated carbocycles. The van der Waals surface area contributed by atoms with Gasteiger partial charge >= 0.3 is 0 Å². The van der Waals surface area contributed by atoms with Crippen molar-refractivity contribution in [3.63, 3.8) is 0 Å². The molecule has 0 aromatic carbocycles. The van der Waals surface area contributed by atoms with E-state index in [-0.39, 0.29) is 12.7 Å². The van der Waals surface area contributed by atoms with Gasteiger partial charge in [0.2, 0.25) is 0 Å². The van der Waals surface area contributed by atoms with Crippen LogP contribution < -0.4 is 0 Å². The van der Waals surface area contributed by atoms with Crippen LogP contribution in [0.15, 0.2) is 16.9 Å². The van der Waals surface area contributed by atoms with Gasteiger partial charge in [0.05, 0.1) is 12.7 Å². The summed E-state index contributed by atoms with van der Waals surface area (Å²) in [4.78, 5) is 0. The van der Waals surface area contributed by atoms with E-state index in [9.17, 15) is 5.11 Å². The molecule has 2 N–H and O–H groups in total. The van der Waals surface area contributed by atoms with E-state index in [0.717, 1.165) is 36.8 Å². The van der Waals surface area contributed by atoms with Gasteiger partial charge in [-0.15, -0.1) is 5.73 Å². The number of hydrogen-bond donors (Lipinski definition) is 2. The van der Waals surface area contributed by atoms with Crippen molar-refractivity contribution in [1.29, 1.82) is 0 Å². The minimum atomic E-state index is -0.319. The smallest absolute Gasteiger partial charge is 0.0823 e. The van der Waals surface area contributed by atoms with Crippen LogP contribution in [0.25, 0.3) is 0 Å². The monoisotopic (exact) mass is 168 g/mol. The Hall–Kier alpha value is -0.560. The van der Waals surface area contributed by atoms with Gasteiger partial charge in [0.15, 0.2) is 0 Å². The fraction of sp³-hybridized carbons (Fsp3) is 0.700. The Balaban J connectivity index is 2.77. The SMILES string of the molecule is CC(=C=C1CCCC[C@@H]1O)CO. The molecule has 0 aliphatic heterocycles.